The Balaban J connectivity index is 1.48. The summed E-state index contributed by atoms with van der Waals surface area (Å²) in [4.78, 5) is 44.8. The third kappa shape index (κ3) is 5.72. The molecule has 0 saturated carbocycles. The van der Waals surface area contributed by atoms with Crippen LogP contribution in [0, 0.1) is 0 Å². The van der Waals surface area contributed by atoms with Crippen LogP contribution in [0.5, 0.6) is 0 Å². The van der Waals surface area contributed by atoms with Crippen molar-refractivity contribution >= 4 is 37.6 Å². The number of rotatable bonds is 8. The summed E-state index contributed by atoms with van der Waals surface area (Å²) in [6, 6.07) is 6.84. The molecule has 1 aromatic carbocycles. The molecule has 3 aliphatic heterocycles. The Labute approximate surface area is 190 Å². The minimum absolute atomic E-state index is 0.111. The molecule has 1 unspecified atom stereocenters. The minimum atomic E-state index is -4.70. The number of aliphatic hydroxyl groups is 1. The fraction of sp³-hybridized carbons (Fsp3) is 0.500. The molecule has 3 heterocycles. The quantitative estimate of drug-likeness (QED) is 0.398. The van der Waals surface area contributed by atoms with Crippen LogP contribution < -0.4 is 5.32 Å². The van der Waals surface area contributed by atoms with Crippen molar-refractivity contribution in [2.45, 2.75) is 57.1 Å². The second-order valence-corrected chi connectivity index (χ2v) is 9.20. The molecule has 3 aliphatic rings. The van der Waals surface area contributed by atoms with Crippen molar-refractivity contribution in [1.82, 2.24) is 10.2 Å². The highest BCUT2D eigenvalue weighted by atomic mass is 31.2. The van der Waals surface area contributed by atoms with Crippen LogP contribution in [0.25, 0.3) is 0 Å². The lowest BCUT2D eigenvalue weighted by atomic mass is 10.1. The average molecular weight is 479 g/mol. The summed E-state index contributed by atoms with van der Waals surface area (Å²) >= 11 is 0. The monoisotopic (exact) mass is 479 g/mol. The van der Waals surface area contributed by atoms with Gasteiger partial charge in [0, 0.05) is 6.42 Å². The minimum Gasteiger partial charge on any atom is -0.390 e. The molecule has 1 aromatic rings. The number of fused-ring (bicyclic) bond motifs is 1. The van der Waals surface area contributed by atoms with E-state index in [2.05, 4.69) is 31.7 Å². The molecule has 1 fully saturated rings. The van der Waals surface area contributed by atoms with E-state index in [1.54, 1.807) is 0 Å². The van der Waals surface area contributed by atoms with Crippen LogP contribution >= 0.6 is 7.82 Å². The van der Waals surface area contributed by atoms with Crippen LogP contribution in [0.3, 0.4) is 0 Å². The van der Waals surface area contributed by atoms with E-state index in [4.69, 9.17) is 14.5 Å². The zero-order valence-corrected chi connectivity index (χ0v) is 18.8. The van der Waals surface area contributed by atoms with Crippen molar-refractivity contribution in [3.8, 4) is 0 Å². The summed E-state index contributed by atoms with van der Waals surface area (Å²) in [5.74, 6) is 0.0193. The number of phosphoric acid groups is 1. The highest BCUT2D eigenvalue weighted by Gasteiger charge is 2.45. The molecule has 0 aliphatic carbocycles. The number of guanidine groups is 1. The van der Waals surface area contributed by atoms with E-state index in [0.717, 1.165) is 19.3 Å². The van der Waals surface area contributed by atoms with E-state index >= 15 is 0 Å². The van der Waals surface area contributed by atoms with Gasteiger partial charge in [-0.1, -0.05) is 25.5 Å². The summed E-state index contributed by atoms with van der Waals surface area (Å²) in [6.07, 6.45) is 2.03. The predicted molar refractivity (Wildman–Crippen MR) is 119 cm³/mol. The molecule has 178 valence electrons. The number of carbonyl (C=O) groups excluding carboxylic acids is 1. The fourth-order valence-corrected chi connectivity index (χ4v) is 4.09. The second kappa shape index (κ2) is 9.80. The first-order valence-electron chi connectivity index (χ1n) is 10.7. The first kappa shape index (κ1) is 23.7. The molecule has 0 radical (unpaired) electrons. The van der Waals surface area contributed by atoms with Crippen LogP contribution in [0.15, 0.2) is 39.2 Å². The molecule has 0 spiro atoms. The number of unbranched alkanes of at least 4 members (excludes halogenated alkanes) is 1. The molecule has 1 amide bonds. The zero-order valence-electron chi connectivity index (χ0n) is 17.9. The van der Waals surface area contributed by atoms with Gasteiger partial charge in [-0.15, -0.1) is 0 Å². The van der Waals surface area contributed by atoms with E-state index in [9.17, 15) is 14.5 Å². The molecule has 13 heteroatoms. The van der Waals surface area contributed by atoms with Gasteiger partial charge in [-0.3, -0.25) is 24.5 Å². The normalized spacial score (nSPS) is 28.2. The van der Waals surface area contributed by atoms with Crippen molar-refractivity contribution in [3.05, 3.63) is 29.8 Å². The Kier molecular flexibility index (Phi) is 7.03. The van der Waals surface area contributed by atoms with Crippen LogP contribution in [0.2, 0.25) is 0 Å². The van der Waals surface area contributed by atoms with E-state index in [-0.39, 0.29) is 12.4 Å². The first-order valence-corrected chi connectivity index (χ1v) is 12.2. The third-order valence-corrected chi connectivity index (χ3v) is 5.95. The maximum atomic E-state index is 12.5. The maximum absolute atomic E-state index is 12.5. The van der Waals surface area contributed by atoms with Crippen LogP contribution in [0.1, 0.15) is 31.7 Å². The molecule has 33 heavy (non-hydrogen) atoms. The van der Waals surface area contributed by atoms with Gasteiger partial charge >= 0.3 is 7.82 Å². The Morgan fingerprint density at radius 2 is 2.09 bits per heavy atom. The molecular weight excluding hydrogens is 453 g/mol. The lowest BCUT2D eigenvalue weighted by Gasteiger charge is -2.27. The zero-order chi connectivity index (χ0) is 23.6. The largest absolute Gasteiger partial charge is 0.469 e. The molecule has 0 bridgehead atoms. The topological polar surface area (TPSA) is 166 Å². The lowest BCUT2D eigenvalue weighted by Crippen LogP contribution is -2.51. The number of amides is 1. The van der Waals surface area contributed by atoms with Crippen LogP contribution in [-0.4, -0.2) is 74.9 Å². The van der Waals surface area contributed by atoms with E-state index < -0.39 is 44.8 Å². The standard InChI is InChI=1S/C20H26N5O7P/c1-2-3-4-12-5-7-13(8-6-12)22-20-23-18-17(19(27)24-20)21-11-25(18)16-9-14(26)15(32-16)10-31-33(28,29)30/h5-8,11,14-17,26H,2-4,9-10H2,1H3,(H,22,24,27)(H2,28,29,30)/t14-,15+,16+,17?/m0/s1. The van der Waals surface area contributed by atoms with Gasteiger partial charge in [0.05, 0.1) is 24.7 Å². The Morgan fingerprint density at radius 1 is 1.33 bits per heavy atom. The molecule has 4 rings (SSSR count). The van der Waals surface area contributed by atoms with E-state index in [1.165, 1.54) is 16.8 Å². The van der Waals surface area contributed by atoms with Crippen molar-refractivity contribution in [3.63, 3.8) is 0 Å². The summed E-state index contributed by atoms with van der Waals surface area (Å²) in [5.41, 5.74) is 1.85. The number of nitrogens with one attached hydrogen (secondary N) is 1. The fourth-order valence-electron chi connectivity index (χ4n) is 3.75. The van der Waals surface area contributed by atoms with Crippen molar-refractivity contribution in [2.24, 2.45) is 15.0 Å². The molecule has 1 saturated heterocycles. The highest BCUT2D eigenvalue weighted by molar-refractivity contribution is 7.46. The highest BCUT2D eigenvalue weighted by Crippen LogP contribution is 2.37. The molecule has 4 N–H and O–H groups in total. The number of aliphatic imine (C=N–C) groups is 3. The summed E-state index contributed by atoms with van der Waals surface area (Å²) in [5, 5.41) is 12.9. The van der Waals surface area contributed by atoms with Gasteiger partial charge in [-0.2, -0.15) is 4.99 Å². The Morgan fingerprint density at radius 3 is 2.79 bits per heavy atom. The van der Waals surface area contributed by atoms with Gasteiger partial charge in [0.25, 0.3) is 5.91 Å². The Hall–Kier alpha value is -2.47. The lowest BCUT2D eigenvalue weighted by molar-refractivity contribution is -0.119. The van der Waals surface area contributed by atoms with Gasteiger partial charge in [0.2, 0.25) is 5.96 Å². The number of hydrogen-bond acceptors (Lipinski definition) is 8. The summed E-state index contributed by atoms with van der Waals surface area (Å²) in [7, 11) is -4.70. The number of aliphatic hydroxyl groups excluding tert-OH is 1. The summed E-state index contributed by atoms with van der Waals surface area (Å²) in [6.45, 7) is 1.66. The number of phosphoric ester groups is 1. The number of nitrogens with zero attached hydrogens (tertiary/aromatic N) is 4. The van der Waals surface area contributed by atoms with Gasteiger partial charge in [0.15, 0.2) is 11.9 Å². The van der Waals surface area contributed by atoms with E-state index in [0.29, 0.717) is 11.5 Å². The number of benzene rings is 1. The van der Waals surface area contributed by atoms with Crippen molar-refractivity contribution in [1.29, 1.82) is 0 Å². The van der Waals surface area contributed by atoms with Gasteiger partial charge in [-0.05, 0) is 30.5 Å². The SMILES string of the molecule is CCCCc1ccc(N=C2N=C3C(N=CN3[C@H]3C[C@H](O)[C@@H](COP(=O)(O)O)O3)C(=O)N2)cc1. The number of amidine groups is 1. The molecule has 12 nitrogen and oxygen atoms in total. The van der Waals surface area contributed by atoms with Crippen LogP contribution in [0.4, 0.5) is 5.69 Å². The number of carbonyl (C=O) groups is 1. The van der Waals surface area contributed by atoms with E-state index in [1.807, 2.05) is 24.3 Å². The predicted octanol–water partition coefficient (Wildman–Crippen LogP) is 0.843. The van der Waals surface area contributed by atoms with Gasteiger partial charge < -0.3 is 19.6 Å². The molecular formula is C20H26N5O7P. The van der Waals surface area contributed by atoms with Gasteiger partial charge in [-0.25, -0.2) is 9.56 Å². The van der Waals surface area contributed by atoms with Gasteiger partial charge in [0.1, 0.15) is 12.3 Å². The molecule has 4 atom stereocenters. The van der Waals surface area contributed by atoms with Crippen LogP contribution in [-0.2, 0) is 25.0 Å². The number of ether oxygens (including phenoxy) is 1. The summed E-state index contributed by atoms with van der Waals surface area (Å²) < 4.78 is 21.1. The number of aryl methyl sites for hydroxylation is 1. The average Bonchev–Trinajstić information content (AvgIpc) is 3.35. The number of hydrogen-bond donors (Lipinski definition) is 4. The second-order valence-electron chi connectivity index (χ2n) is 7.96. The maximum Gasteiger partial charge on any atom is 0.469 e. The smallest absolute Gasteiger partial charge is 0.390 e. The third-order valence-electron chi connectivity index (χ3n) is 5.46. The first-order chi connectivity index (χ1) is 15.7. The van der Waals surface area contributed by atoms with Crippen molar-refractivity contribution < 1.29 is 33.5 Å². The van der Waals surface area contributed by atoms with Crippen molar-refractivity contribution in [2.75, 3.05) is 6.61 Å². The Bertz CT molecular complexity index is 1020. The molecule has 0 aromatic heterocycles.